The molecule has 0 radical (unpaired) electrons. The molecule has 0 amide bonds. The fourth-order valence-electron chi connectivity index (χ4n) is 7.71. The first-order valence-corrected chi connectivity index (χ1v) is 18.9. The summed E-state index contributed by atoms with van der Waals surface area (Å²) in [4.78, 5) is 0. The zero-order chi connectivity index (χ0) is 36.4. The SMILES string of the molecule is c1ccc(-c2cccc(-c3ccccc3)c2CN[C@@H](c2ccccc2)[C@@H](NCc2c(-c3ccccc3)cccc2-c2ccccc2)c2ccccc2)cc1. The van der Waals surface area contributed by atoms with Gasteiger partial charge in [-0.2, -0.15) is 0 Å². The summed E-state index contributed by atoms with van der Waals surface area (Å²) in [5.74, 6) is 0. The zero-order valence-electron chi connectivity index (χ0n) is 30.4. The molecule has 0 unspecified atom stereocenters. The lowest BCUT2D eigenvalue weighted by molar-refractivity contribution is 0.381. The predicted molar refractivity (Wildman–Crippen MR) is 227 cm³/mol. The van der Waals surface area contributed by atoms with E-state index in [-0.39, 0.29) is 12.1 Å². The molecule has 8 rings (SSSR count). The normalized spacial score (nSPS) is 12.2. The van der Waals surface area contributed by atoms with Crippen LogP contribution in [-0.4, -0.2) is 0 Å². The van der Waals surface area contributed by atoms with Crippen molar-refractivity contribution in [3.05, 3.63) is 241 Å². The first kappa shape index (κ1) is 34.7. The van der Waals surface area contributed by atoms with E-state index in [1.54, 1.807) is 0 Å². The minimum absolute atomic E-state index is 0.0508. The van der Waals surface area contributed by atoms with Gasteiger partial charge in [-0.1, -0.05) is 218 Å². The van der Waals surface area contributed by atoms with Crippen molar-refractivity contribution in [3.63, 3.8) is 0 Å². The Morgan fingerprint density at radius 1 is 0.259 bits per heavy atom. The van der Waals surface area contributed by atoms with Crippen molar-refractivity contribution in [2.24, 2.45) is 0 Å². The van der Waals surface area contributed by atoms with E-state index in [1.165, 1.54) is 66.8 Å². The summed E-state index contributed by atoms with van der Waals surface area (Å²) in [6.07, 6.45) is 0. The Morgan fingerprint density at radius 3 is 0.759 bits per heavy atom. The first-order chi connectivity index (χ1) is 26.8. The van der Waals surface area contributed by atoms with E-state index in [2.05, 4.69) is 229 Å². The van der Waals surface area contributed by atoms with Crippen LogP contribution < -0.4 is 10.6 Å². The van der Waals surface area contributed by atoms with E-state index in [4.69, 9.17) is 0 Å². The van der Waals surface area contributed by atoms with E-state index < -0.39 is 0 Å². The molecule has 8 aromatic carbocycles. The molecule has 0 aromatic heterocycles. The predicted octanol–water partition coefficient (Wildman–Crippen LogP) is 12.7. The maximum atomic E-state index is 4.14. The molecule has 0 fully saturated rings. The molecule has 2 N–H and O–H groups in total. The second-order valence-electron chi connectivity index (χ2n) is 13.7. The average molecular weight is 697 g/mol. The van der Waals surface area contributed by atoms with Crippen LogP contribution in [0.15, 0.2) is 218 Å². The first-order valence-electron chi connectivity index (χ1n) is 18.9. The van der Waals surface area contributed by atoms with Gasteiger partial charge in [0.05, 0.1) is 12.1 Å². The number of rotatable bonds is 13. The minimum atomic E-state index is -0.0508. The Bertz CT molecular complexity index is 2070. The van der Waals surface area contributed by atoms with Gasteiger partial charge in [0, 0.05) is 13.1 Å². The summed E-state index contributed by atoms with van der Waals surface area (Å²) >= 11 is 0. The molecule has 0 heterocycles. The van der Waals surface area contributed by atoms with Crippen LogP contribution in [0.4, 0.5) is 0 Å². The Hall–Kier alpha value is -6.32. The monoisotopic (exact) mass is 696 g/mol. The van der Waals surface area contributed by atoms with Crippen LogP contribution in [0, 0.1) is 0 Å². The lowest BCUT2D eigenvalue weighted by atomic mass is 9.89. The Kier molecular flexibility index (Phi) is 10.9. The van der Waals surface area contributed by atoms with Crippen molar-refractivity contribution >= 4 is 0 Å². The number of benzene rings is 8. The standard InChI is InChI=1S/C52H44N2/c1-7-21-39(22-8-1)45-33-19-34-46(40-23-9-2-10-24-40)49(45)37-53-51(43-29-15-5-16-30-43)52(44-31-17-6-18-32-44)54-38-50-47(41-25-11-3-12-26-41)35-20-36-48(50)42-27-13-4-14-28-42/h1-36,51-54H,37-38H2/t51-,52-/m0/s1. The van der Waals surface area contributed by atoms with Crippen LogP contribution in [0.3, 0.4) is 0 Å². The van der Waals surface area contributed by atoms with Gasteiger partial charge in [-0.05, 0) is 66.8 Å². The van der Waals surface area contributed by atoms with Gasteiger partial charge in [-0.3, -0.25) is 0 Å². The zero-order valence-corrected chi connectivity index (χ0v) is 30.4. The molecule has 0 aliphatic carbocycles. The average Bonchev–Trinajstić information content (AvgIpc) is 3.26. The molecule has 262 valence electrons. The van der Waals surface area contributed by atoms with Gasteiger partial charge in [0.1, 0.15) is 0 Å². The number of hydrogen-bond acceptors (Lipinski definition) is 2. The minimum Gasteiger partial charge on any atom is -0.304 e. The van der Waals surface area contributed by atoms with Gasteiger partial charge >= 0.3 is 0 Å². The van der Waals surface area contributed by atoms with Crippen molar-refractivity contribution in [3.8, 4) is 44.5 Å². The van der Waals surface area contributed by atoms with Gasteiger partial charge in [0.15, 0.2) is 0 Å². The summed E-state index contributed by atoms with van der Waals surface area (Å²) in [7, 11) is 0. The van der Waals surface area contributed by atoms with Crippen LogP contribution in [-0.2, 0) is 13.1 Å². The Labute approximate surface area is 319 Å². The second-order valence-corrected chi connectivity index (χ2v) is 13.7. The van der Waals surface area contributed by atoms with Gasteiger partial charge in [-0.15, -0.1) is 0 Å². The topological polar surface area (TPSA) is 24.1 Å². The smallest absolute Gasteiger partial charge is 0.0521 e. The maximum Gasteiger partial charge on any atom is 0.0521 e. The highest BCUT2D eigenvalue weighted by Gasteiger charge is 2.26. The van der Waals surface area contributed by atoms with Crippen molar-refractivity contribution < 1.29 is 0 Å². The lowest BCUT2D eigenvalue weighted by Gasteiger charge is -2.32. The fraction of sp³-hybridized carbons (Fsp3) is 0.0769. The molecular weight excluding hydrogens is 653 g/mol. The maximum absolute atomic E-state index is 4.14. The van der Waals surface area contributed by atoms with Crippen molar-refractivity contribution in [2.75, 3.05) is 0 Å². The Balaban J connectivity index is 1.22. The van der Waals surface area contributed by atoms with Crippen LogP contribution in [0.25, 0.3) is 44.5 Å². The van der Waals surface area contributed by atoms with E-state index in [9.17, 15) is 0 Å². The van der Waals surface area contributed by atoms with Crippen LogP contribution >= 0.6 is 0 Å². The molecule has 0 bridgehead atoms. The molecule has 2 heteroatoms. The Morgan fingerprint density at radius 2 is 0.500 bits per heavy atom. The van der Waals surface area contributed by atoms with Crippen molar-refractivity contribution in [1.82, 2.24) is 10.6 Å². The summed E-state index contributed by atoms with van der Waals surface area (Å²) in [5, 5.41) is 8.28. The number of hydrogen-bond donors (Lipinski definition) is 2. The highest BCUT2D eigenvalue weighted by Crippen LogP contribution is 2.37. The van der Waals surface area contributed by atoms with Gasteiger partial charge in [-0.25, -0.2) is 0 Å². The van der Waals surface area contributed by atoms with Crippen molar-refractivity contribution in [2.45, 2.75) is 25.2 Å². The van der Waals surface area contributed by atoms with Crippen molar-refractivity contribution in [1.29, 1.82) is 0 Å². The summed E-state index contributed by atoms with van der Waals surface area (Å²) in [5.41, 5.74) is 14.8. The van der Waals surface area contributed by atoms with Gasteiger partial charge in [0.25, 0.3) is 0 Å². The molecule has 0 saturated carbocycles. The molecule has 0 aliphatic heterocycles. The summed E-state index contributed by atoms with van der Waals surface area (Å²) < 4.78 is 0. The molecule has 8 aromatic rings. The van der Waals surface area contributed by atoms with Crippen LogP contribution in [0.2, 0.25) is 0 Å². The molecule has 0 saturated heterocycles. The highest BCUT2D eigenvalue weighted by atomic mass is 15.0. The fourth-order valence-corrected chi connectivity index (χ4v) is 7.71. The third-order valence-electron chi connectivity index (χ3n) is 10.3. The summed E-state index contributed by atoms with van der Waals surface area (Å²) in [6.45, 7) is 1.35. The van der Waals surface area contributed by atoms with Crippen LogP contribution in [0.5, 0.6) is 0 Å². The van der Waals surface area contributed by atoms with E-state index in [0.717, 1.165) is 0 Å². The molecule has 2 nitrogen and oxygen atoms in total. The van der Waals surface area contributed by atoms with E-state index in [0.29, 0.717) is 13.1 Å². The van der Waals surface area contributed by atoms with Gasteiger partial charge < -0.3 is 10.6 Å². The van der Waals surface area contributed by atoms with Crippen LogP contribution in [0.1, 0.15) is 34.3 Å². The molecular formula is C52H44N2. The molecule has 0 spiro atoms. The largest absolute Gasteiger partial charge is 0.304 e. The second kappa shape index (κ2) is 17.0. The molecule has 2 atom stereocenters. The van der Waals surface area contributed by atoms with E-state index >= 15 is 0 Å². The molecule has 0 aliphatic rings. The quantitative estimate of drug-likeness (QED) is 0.125. The van der Waals surface area contributed by atoms with Gasteiger partial charge in [0.2, 0.25) is 0 Å². The highest BCUT2D eigenvalue weighted by molar-refractivity contribution is 5.80. The lowest BCUT2D eigenvalue weighted by Crippen LogP contribution is -2.35. The third kappa shape index (κ3) is 7.86. The number of nitrogens with one attached hydrogen (secondary N) is 2. The summed E-state index contributed by atoms with van der Waals surface area (Å²) in [6, 6.07) is 78.2. The molecule has 54 heavy (non-hydrogen) atoms. The third-order valence-corrected chi connectivity index (χ3v) is 10.3. The van der Waals surface area contributed by atoms with E-state index in [1.807, 2.05) is 0 Å².